The zero-order chi connectivity index (χ0) is 24.7. The van der Waals surface area contributed by atoms with Gasteiger partial charge in [0.15, 0.2) is 0 Å². The van der Waals surface area contributed by atoms with Crippen molar-refractivity contribution >= 4 is 11.7 Å². The Labute approximate surface area is 205 Å². The molecule has 3 unspecified atom stereocenters. The van der Waals surface area contributed by atoms with Crippen molar-refractivity contribution < 1.29 is 23.8 Å². The molecule has 1 saturated carbocycles. The highest BCUT2D eigenvalue weighted by Gasteiger charge is 2.39. The van der Waals surface area contributed by atoms with Gasteiger partial charge < -0.3 is 19.5 Å². The number of rotatable bonds is 7. The first-order chi connectivity index (χ1) is 16.9. The summed E-state index contributed by atoms with van der Waals surface area (Å²) in [5, 5.41) is 9.66. The van der Waals surface area contributed by atoms with E-state index in [1.165, 1.54) is 6.07 Å². The van der Waals surface area contributed by atoms with Gasteiger partial charge in [-0.3, -0.25) is 4.79 Å². The number of aliphatic carboxylic acids is 1. The fraction of sp³-hybridized carbons (Fsp3) is 0.345. The quantitative estimate of drug-likeness (QED) is 0.435. The van der Waals surface area contributed by atoms with Gasteiger partial charge in [0, 0.05) is 12.6 Å². The highest BCUT2D eigenvalue weighted by atomic mass is 19.1. The number of carboxylic acids is 1. The van der Waals surface area contributed by atoms with Crippen LogP contribution in [0.25, 0.3) is 11.1 Å². The van der Waals surface area contributed by atoms with Crippen LogP contribution in [0.3, 0.4) is 0 Å². The van der Waals surface area contributed by atoms with E-state index in [1.54, 1.807) is 26.2 Å². The molecule has 5 rings (SSSR count). The second kappa shape index (κ2) is 9.25. The molecule has 0 amide bonds. The Balaban J connectivity index is 1.42. The zero-order valence-electron chi connectivity index (χ0n) is 20.2. The number of anilines is 1. The fourth-order valence-electron chi connectivity index (χ4n) is 5.22. The van der Waals surface area contributed by atoms with Crippen molar-refractivity contribution in [1.82, 2.24) is 0 Å². The number of methoxy groups -OCH3 is 1. The van der Waals surface area contributed by atoms with Crippen LogP contribution in [0.1, 0.15) is 42.9 Å². The van der Waals surface area contributed by atoms with Gasteiger partial charge in [-0.05, 0) is 71.7 Å². The van der Waals surface area contributed by atoms with Gasteiger partial charge in [0.05, 0.1) is 24.8 Å². The van der Waals surface area contributed by atoms with Gasteiger partial charge >= 0.3 is 5.97 Å². The first kappa shape index (κ1) is 23.2. The SMILES string of the molecule is COc1ccc(F)c(-c2ccc(C3COc4ccc(C(C5CC5)C(C)C(=O)O)cc4N3C)cc2)c1. The van der Waals surface area contributed by atoms with Crippen LogP contribution >= 0.6 is 0 Å². The predicted molar refractivity (Wildman–Crippen MR) is 134 cm³/mol. The molecule has 2 aliphatic rings. The van der Waals surface area contributed by atoms with Crippen LogP contribution in [0, 0.1) is 17.7 Å². The largest absolute Gasteiger partial charge is 0.497 e. The smallest absolute Gasteiger partial charge is 0.306 e. The van der Waals surface area contributed by atoms with Crippen LogP contribution in [0.15, 0.2) is 60.7 Å². The number of nitrogens with zero attached hydrogens (tertiary/aromatic N) is 1. The first-order valence-corrected chi connectivity index (χ1v) is 12.0. The molecular weight excluding hydrogens is 445 g/mol. The van der Waals surface area contributed by atoms with Crippen molar-refractivity contribution in [3.05, 3.63) is 77.6 Å². The van der Waals surface area contributed by atoms with E-state index in [0.29, 0.717) is 23.8 Å². The molecule has 3 aromatic carbocycles. The van der Waals surface area contributed by atoms with E-state index in [0.717, 1.165) is 41.0 Å². The third kappa shape index (κ3) is 4.45. The summed E-state index contributed by atoms with van der Waals surface area (Å²) in [5.41, 5.74) is 4.36. The lowest BCUT2D eigenvalue weighted by Gasteiger charge is -2.37. The summed E-state index contributed by atoms with van der Waals surface area (Å²) >= 11 is 0. The summed E-state index contributed by atoms with van der Waals surface area (Å²) < 4.78 is 25.8. The van der Waals surface area contributed by atoms with Crippen LogP contribution < -0.4 is 14.4 Å². The summed E-state index contributed by atoms with van der Waals surface area (Å²) in [6, 6.07) is 18.7. The number of hydrogen-bond donors (Lipinski definition) is 1. The van der Waals surface area contributed by atoms with Crippen molar-refractivity contribution in [2.24, 2.45) is 11.8 Å². The average molecular weight is 476 g/mol. The topological polar surface area (TPSA) is 59.0 Å². The highest BCUT2D eigenvalue weighted by molar-refractivity contribution is 5.72. The van der Waals surface area contributed by atoms with Gasteiger partial charge in [-0.15, -0.1) is 0 Å². The zero-order valence-corrected chi connectivity index (χ0v) is 20.2. The second-order valence-corrected chi connectivity index (χ2v) is 9.62. The summed E-state index contributed by atoms with van der Waals surface area (Å²) in [7, 11) is 3.61. The summed E-state index contributed by atoms with van der Waals surface area (Å²) in [6.07, 6.45) is 2.16. The summed E-state index contributed by atoms with van der Waals surface area (Å²) in [6.45, 7) is 2.30. The minimum absolute atomic E-state index is 0.00335. The van der Waals surface area contributed by atoms with Crippen LogP contribution in [-0.4, -0.2) is 31.8 Å². The van der Waals surface area contributed by atoms with Crippen molar-refractivity contribution in [3.8, 4) is 22.6 Å². The molecule has 0 saturated heterocycles. The van der Waals surface area contributed by atoms with Crippen LogP contribution in [-0.2, 0) is 4.79 Å². The van der Waals surface area contributed by atoms with Gasteiger partial charge in [0.2, 0.25) is 0 Å². The molecule has 0 radical (unpaired) electrons. The lowest BCUT2D eigenvalue weighted by molar-refractivity contribution is -0.142. The molecule has 1 aliphatic carbocycles. The standard InChI is InChI=1S/C29H30FNO4/c1-17(29(32)33)28(20-8-9-20)21-10-13-27-25(14-21)31(2)26(16-35-27)19-6-4-18(5-7-19)23-15-22(34-3)11-12-24(23)30/h4-7,10-15,17,20,26,28H,8-9,16H2,1-3H3,(H,32,33). The molecule has 182 valence electrons. The molecule has 5 nitrogen and oxygen atoms in total. The molecule has 1 aliphatic heterocycles. The maximum atomic E-state index is 14.4. The summed E-state index contributed by atoms with van der Waals surface area (Å²) in [5.74, 6) is 0.363. The number of halogens is 1. The summed E-state index contributed by atoms with van der Waals surface area (Å²) in [4.78, 5) is 14.0. The van der Waals surface area contributed by atoms with Crippen molar-refractivity contribution in [2.75, 3.05) is 25.7 Å². The van der Waals surface area contributed by atoms with Crippen LogP contribution in [0.2, 0.25) is 0 Å². The lowest BCUT2D eigenvalue weighted by Crippen LogP contribution is -2.33. The number of ether oxygens (including phenoxy) is 2. The molecule has 1 heterocycles. The third-order valence-electron chi connectivity index (χ3n) is 7.45. The van der Waals surface area contributed by atoms with E-state index in [-0.39, 0.29) is 17.8 Å². The Morgan fingerprint density at radius 3 is 2.51 bits per heavy atom. The molecular formula is C29H30FNO4. The molecule has 1 N–H and O–H groups in total. The molecule has 6 heteroatoms. The normalized spacial score (nSPS) is 18.9. The predicted octanol–water partition coefficient (Wildman–Crippen LogP) is 6.29. The van der Waals surface area contributed by atoms with Gasteiger partial charge in [0.25, 0.3) is 0 Å². The molecule has 0 bridgehead atoms. The Bertz CT molecular complexity index is 1240. The van der Waals surface area contributed by atoms with Crippen molar-refractivity contribution in [2.45, 2.75) is 31.7 Å². The number of hydrogen-bond acceptors (Lipinski definition) is 4. The molecule has 3 aromatic rings. The van der Waals surface area contributed by atoms with E-state index in [2.05, 4.69) is 11.0 Å². The minimum atomic E-state index is -0.755. The number of carbonyl (C=O) groups is 1. The van der Waals surface area contributed by atoms with Crippen molar-refractivity contribution in [3.63, 3.8) is 0 Å². The van der Waals surface area contributed by atoms with E-state index >= 15 is 0 Å². The molecule has 0 aromatic heterocycles. The van der Waals surface area contributed by atoms with Gasteiger partial charge in [0.1, 0.15) is 23.9 Å². The van der Waals surface area contributed by atoms with E-state index in [9.17, 15) is 14.3 Å². The van der Waals surface area contributed by atoms with E-state index < -0.39 is 11.9 Å². The maximum absolute atomic E-state index is 14.4. The molecule has 0 spiro atoms. The minimum Gasteiger partial charge on any atom is -0.497 e. The number of fused-ring (bicyclic) bond motifs is 1. The van der Waals surface area contributed by atoms with E-state index in [4.69, 9.17) is 9.47 Å². The fourth-order valence-corrected chi connectivity index (χ4v) is 5.22. The highest BCUT2D eigenvalue weighted by Crippen LogP contribution is 2.49. The molecule has 1 fully saturated rings. The monoisotopic (exact) mass is 475 g/mol. The Morgan fingerprint density at radius 2 is 1.86 bits per heavy atom. The average Bonchev–Trinajstić information content (AvgIpc) is 3.70. The Hall–Kier alpha value is -3.54. The lowest BCUT2D eigenvalue weighted by atomic mass is 9.83. The van der Waals surface area contributed by atoms with Crippen molar-refractivity contribution in [1.29, 1.82) is 0 Å². The van der Waals surface area contributed by atoms with Gasteiger partial charge in [-0.1, -0.05) is 37.3 Å². The first-order valence-electron chi connectivity index (χ1n) is 12.0. The molecule has 35 heavy (non-hydrogen) atoms. The number of likely N-dealkylation sites (N-methyl/N-ethyl adjacent to an activating group) is 1. The number of benzene rings is 3. The second-order valence-electron chi connectivity index (χ2n) is 9.62. The van der Waals surface area contributed by atoms with E-state index in [1.807, 2.05) is 43.4 Å². The van der Waals surface area contributed by atoms with Gasteiger partial charge in [-0.2, -0.15) is 0 Å². The number of carboxylic acid groups (broad SMARTS) is 1. The van der Waals surface area contributed by atoms with Crippen LogP contribution in [0.4, 0.5) is 10.1 Å². The maximum Gasteiger partial charge on any atom is 0.306 e. The van der Waals surface area contributed by atoms with Gasteiger partial charge in [-0.25, -0.2) is 4.39 Å². The third-order valence-corrected chi connectivity index (χ3v) is 7.45. The Morgan fingerprint density at radius 1 is 1.11 bits per heavy atom. The Kier molecular flexibility index (Phi) is 6.13. The van der Waals surface area contributed by atoms with Crippen LogP contribution in [0.5, 0.6) is 11.5 Å². The molecule has 3 atom stereocenters.